The molecule has 0 aliphatic rings. The van der Waals surface area contributed by atoms with Gasteiger partial charge in [-0.1, -0.05) is 0 Å². The number of aromatic amines is 1. The molecule has 0 aliphatic carbocycles. The maximum atomic E-state index is 12.5. The number of alkyl halides is 2. The van der Waals surface area contributed by atoms with E-state index in [1.165, 1.54) is 12.4 Å². The van der Waals surface area contributed by atoms with Crippen molar-refractivity contribution in [1.29, 1.82) is 0 Å². The van der Waals surface area contributed by atoms with Crippen molar-refractivity contribution in [3.63, 3.8) is 0 Å². The van der Waals surface area contributed by atoms with E-state index in [9.17, 15) is 8.78 Å². The molecule has 0 spiro atoms. The van der Waals surface area contributed by atoms with Crippen LogP contribution in [0.4, 0.5) is 14.5 Å². The van der Waals surface area contributed by atoms with Crippen LogP contribution in [0.3, 0.4) is 0 Å². The summed E-state index contributed by atoms with van der Waals surface area (Å²) in [6, 6.07) is 5.28. The van der Waals surface area contributed by atoms with Crippen molar-refractivity contribution in [1.82, 2.24) is 20.0 Å². The van der Waals surface area contributed by atoms with E-state index >= 15 is 0 Å². The first-order valence-electron chi connectivity index (χ1n) is 5.21. The first-order valence-corrected chi connectivity index (χ1v) is 5.21. The fourth-order valence-electron chi connectivity index (χ4n) is 1.82. The fraction of sp³-hybridized carbons (Fsp3) is 0.0909. The molecule has 5 nitrogen and oxygen atoms in total. The van der Waals surface area contributed by atoms with Crippen molar-refractivity contribution in [3.05, 3.63) is 30.6 Å². The van der Waals surface area contributed by atoms with E-state index < -0.39 is 6.55 Å². The second-order valence-corrected chi connectivity index (χ2v) is 3.86. The van der Waals surface area contributed by atoms with Crippen molar-refractivity contribution in [2.45, 2.75) is 6.55 Å². The molecule has 2 heterocycles. The molecule has 18 heavy (non-hydrogen) atoms. The number of H-pyrrole nitrogens is 1. The molecule has 0 saturated heterocycles. The van der Waals surface area contributed by atoms with Crippen LogP contribution in [0.1, 0.15) is 6.55 Å². The van der Waals surface area contributed by atoms with Crippen molar-refractivity contribution < 1.29 is 8.78 Å². The topological polar surface area (TPSA) is 72.5 Å². The number of hydrogen-bond acceptors (Lipinski definition) is 3. The molecule has 0 fully saturated rings. The highest BCUT2D eigenvalue weighted by Crippen LogP contribution is 2.28. The van der Waals surface area contributed by atoms with E-state index in [-0.39, 0.29) is 0 Å². The van der Waals surface area contributed by atoms with Crippen molar-refractivity contribution in [2.24, 2.45) is 0 Å². The Morgan fingerprint density at radius 3 is 2.89 bits per heavy atom. The number of rotatable bonds is 2. The maximum absolute atomic E-state index is 12.5. The maximum Gasteiger partial charge on any atom is 0.333 e. The summed E-state index contributed by atoms with van der Waals surface area (Å²) in [6.45, 7) is -2.66. The highest BCUT2D eigenvalue weighted by atomic mass is 19.3. The van der Waals surface area contributed by atoms with Gasteiger partial charge in [0.2, 0.25) is 0 Å². The Hall–Kier alpha value is -2.44. The van der Waals surface area contributed by atoms with Gasteiger partial charge in [0.25, 0.3) is 0 Å². The second-order valence-electron chi connectivity index (χ2n) is 3.86. The zero-order chi connectivity index (χ0) is 12.7. The van der Waals surface area contributed by atoms with Gasteiger partial charge in [-0.25, -0.2) is 4.68 Å². The van der Waals surface area contributed by atoms with Crippen molar-refractivity contribution in [3.8, 4) is 11.3 Å². The third-order valence-electron chi connectivity index (χ3n) is 2.66. The third-order valence-corrected chi connectivity index (χ3v) is 2.66. The average molecular weight is 249 g/mol. The minimum Gasteiger partial charge on any atom is -0.399 e. The molecule has 3 rings (SSSR count). The van der Waals surface area contributed by atoms with E-state index in [0.29, 0.717) is 21.6 Å². The molecule has 0 amide bonds. The molecular weight excluding hydrogens is 240 g/mol. The van der Waals surface area contributed by atoms with Crippen LogP contribution in [0.25, 0.3) is 22.2 Å². The van der Waals surface area contributed by atoms with Gasteiger partial charge in [-0.15, -0.1) is 0 Å². The van der Waals surface area contributed by atoms with Gasteiger partial charge >= 0.3 is 6.55 Å². The van der Waals surface area contributed by atoms with E-state index in [4.69, 9.17) is 5.73 Å². The van der Waals surface area contributed by atoms with E-state index in [0.717, 1.165) is 10.9 Å². The number of anilines is 1. The first kappa shape index (κ1) is 10.7. The van der Waals surface area contributed by atoms with Gasteiger partial charge in [0, 0.05) is 22.8 Å². The zero-order valence-electron chi connectivity index (χ0n) is 9.14. The molecule has 7 heteroatoms. The van der Waals surface area contributed by atoms with E-state index in [1.807, 2.05) is 0 Å². The lowest BCUT2D eigenvalue weighted by Crippen LogP contribution is -1.96. The van der Waals surface area contributed by atoms with Gasteiger partial charge in [0.15, 0.2) is 0 Å². The standard InChI is InChI=1S/C11H9F2N5/c12-11(13)18-5-6(4-15-18)10-8-3-7(14)1-2-9(8)16-17-10/h1-5,11H,14H2,(H,16,17). The Balaban J connectivity index is 2.15. The van der Waals surface area contributed by atoms with Gasteiger partial charge in [-0.2, -0.15) is 19.0 Å². The number of aromatic nitrogens is 4. The van der Waals surface area contributed by atoms with Gasteiger partial charge in [-0.05, 0) is 18.2 Å². The zero-order valence-corrected chi connectivity index (χ0v) is 9.14. The molecule has 0 saturated carbocycles. The van der Waals surface area contributed by atoms with Crippen molar-refractivity contribution in [2.75, 3.05) is 5.73 Å². The van der Waals surface area contributed by atoms with Crippen molar-refractivity contribution >= 4 is 16.6 Å². The Bertz CT molecular complexity index is 700. The highest BCUT2D eigenvalue weighted by molar-refractivity contribution is 5.94. The lowest BCUT2D eigenvalue weighted by atomic mass is 10.1. The second kappa shape index (κ2) is 3.80. The quantitative estimate of drug-likeness (QED) is 0.685. The van der Waals surface area contributed by atoms with Crippen LogP contribution < -0.4 is 5.73 Å². The lowest BCUT2D eigenvalue weighted by molar-refractivity contribution is 0.0566. The van der Waals surface area contributed by atoms with Crippen LogP contribution in [0, 0.1) is 0 Å². The summed E-state index contributed by atoms with van der Waals surface area (Å²) < 4.78 is 25.5. The van der Waals surface area contributed by atoms with Crippen LogP contribution in [0.5, 0.6) is 0 Å². The highest BCUT2D eigenvalue weighted by Gasteiger charge is 2.13. The van der Waals surface area contributed by atoms with E-state index in [2.05, 4.69) is 15.3 Å². The summed E-state index contributed by atoms with van der Waals surface area (Å²) in [4.78, 5) is 0. The predicted molar refractivity (Wildman–Crippen MR) is 63.0 cm³/mol. The molecule has 0 atom stereocenters. The number of halogens is 2. The third kappa shape index (κ3) is 1.60. The number of nitrogen functional groups attached to an aromatic ring is 1. The van der Waals surface area contributed by atoms with Crippen LogP contribution in [-0.4, -0.2) is 20.0 Å². The molecule has 0 aliphatic heterocycles. The smallest absolute Gasteiger partial charge is 0.333 e. The number of benzene rings is 1. The SMILES string of the molecule is Nc1ccc2[nH]nc(-c3cnn(C(F)F)c3)c2c1. The molecule has 0 bridgehead atoms. The van der Waals surface area contributed by atoms with Crippen LogP contribution in [0.15, 0.2) is 30.6 Å². The summed E-state index contributed by atoms with van der Waals surface area (Å²) in [7, 11) is 0. The van der Waals surface area contributed by atoms with Gasteiger partial charge < -0.3 is 5.73 Å². The largest absolute Gasteiger partial charge is 0.399 e. The monoisotopic (exact) mass is 249 g/mol. The molecule has 3 aromatic rings. The lowest BCUT2D eigenvalue weighted by Gasteiger charge is -1.96. The number of nitrogens with one attached hydrogen (secondary N) is 1. The summed E-state index contributed by atoms with van der Waals surface area (Å²) in [5.74, 6) is 0. The number of hydrogen-bond donors (Lipinski definition) is 2. The Morgan fingerprint density at radius 1 is 1.33 bits per heavy atom. The van der Waals surface area contributed by atoms with Gasteiger partial charge in [0.05, 0.1) is 11.7 Å². The Labute approximate surface area is 100 Å². The fourth-order valence-corrected chi connectivity index (χ4v) is 1.82. The normalized spacial score (nSPS) is 11.5. The van der Waals surface area contributed by atoms with Crippen LogP contribution in [0.2, 0.25) is 0 Å². The summed E-state index contributed by atoms with van der Waals surface area (Å²) in [5.41, 5.74) is 8.17. The molecule has 3 N–H and O–H groups in total. The molecule has 92 valence electrons. The van der Waals surface area contributed by atoms with Gasteiger partial charge in [-0.3, -0.25) is 5.10 Å². The van der Waals surface area contributed by atoms with Crippen LogP contribution >= 0.6 is 0 Å². The molecule has 1 aromatic carbocycles. The van der Waals surface area contributed by atoms with E-state index in [1.54, 1.807) is 18.2 Å². The average Bonchev–Trinajstić information content (AvgIpc) is 2.93. The minimum atomic E-state index is -2.66. The summed E-state index contributed by atoms with van der Waals surface area (Å²) >= 11 is 0. The summed E-state index contributed by atoms with van der Waals surface area (Å²) in [5, 5.41) is 11.3. The first-order chi connectivity index (χ1) is 8.65. The number of fused-ring (bicyclic) bond motifs is 1. The van der Waals surface area contributed by atoms with Crippen LogP contribution in [-0.2, 0) is 0 Å². The molecular formula is C11H9F2N5. The Morgan fingerprint density at radius 2 is 2.17 bits per heavy atom. The summed E-state index contributed by atoms with van der Waals surface area (Å²) in [6.07, 6.45) is 2.61. The predicted octanol–water partition coefficient (Wildman–Crippen LogP) is 2.40. The number of nitrogens with zero attached hydrogens (tertiary/aromatic N) is 3. The molecule has 2 aromatic heterocycles. The Kier molecular flexibility index (Phi) is 2.26. The number of nitrogens with two attached hydrogens (primary N) is 1. The van der Waals surface area contributed by atoms with Gasteiger partial charge in [0.1, 0.15) is 5.69 Å². The molecule has 0 radical (unpaired) electrons. The molecule has 0 unspecified atom stereocenters. The minimum absolute atomic E-state index is 0.521.